The quantitative estimate of drug-likeness (QED) is 0.842. The number of aromatic nitrogens is 3. The molecule has 0 bridgehead atoms. The van der Waals surface area contributed by atoms with Crippen molar-refractivity contribution in [1.82, 2.24) is 25.6 Å². The molecule has 1 aromatic rings. The third-order valence-corrected chi connectivity index (χ3v) is 5.22. The Balaban J connectivity index is 1.60. The molecule has 2 heterocycles. The van der Waals surface area contributed by atoms with Gasteiger partial charge in [0.1, 0.15) is 0 Å². The summed E-state index contributed by atoms with van der Waals surface area (Å²) in [6, 6.07) is 0.362. The van der Waals surface area contributed by atoms with Crippen molar-refractivity contribution in [3.63, 3.8) is 0 Å². The van der Waals surface area contributed by atoms with Gasteiger partial charge in [0, 0.05) is 6.54 Å². The Morgan fingerprint density at radius 1 is 1.39 bits per heavy atom. The van der Waals surface area contributed by atoms with E-state index in [1.54, 1.807) is 0 Å². The predicted molar refractivity (Wildman–Crippen MR) is 89.4 cm³/mol. The van der Waals surface area contributed by atoms with Crippen LogP contribution in [0.3, 0.4) is 0 Å². The molecule has 1 aliphatic carbocycles. The lowest BCUT2D eigenvalue weighted by atomic mass is 9.94. The fourth-order valence-corrected chi connectivity index (χ4v) is 3.80. The van der Waals surface area contributed by atoms with E-state index in [1.807, 2.05) is 11.6 Å². The molecule has 0 aromatic carbocycles. The number of amides is 1. The van der Waals surface area contributed by atoms with Crippen molar-refractivity contribution in [3.05, 3.63) is 11.4 Å². The van der Waals surface area contributed by atoms with Crippen molar-refractivity contribution in [3.8, 4) is 0 Å². The van der Waals surface area contributed by atoms with E-state index in [-0.39, 0.29) is 5.91 Å². The summed E-state index contributed by atoms with van der Waals surface area (Å²) in [7, 11) is 0. The highest BCUT2D eigenvalue weighted by atomic mass is 16.2. The fourth-order valence-electron chi connectivity index (χ4n) is 3.80. The monoisotopic (exact) mass is 319 g/mol. The van der Waals surface area contributed by atoms with E-state index in [4.69, 9.17) is 0 Å². The number of hydrogen-bond acceptors (Lipinski definition) is 4. The van der Waals surface area contributed by atoms with Gasteiger partial charge in [0.2, 0.25) is 0 Å². The van der Waals surface area contributed by atoms with Crippen molar-refractivity contribution >= 4 is 5.91 Å². The molecule has 2 N–H and O–H groups in total. The normalized spacial score (nSPS) is 20.7. The zero-order valence-corrected chi connectivity index (χ0v) is 14.6. The number of nitrogens with zero attached hydrogens (tertiary/aromatic N) is 3. The molecule has 1 aromatic heterocycles. The molecule has 2 aliphatic rings. The third kappa shape index (κ3) is 3.74. The first-order valence-corrected chi connectivity index (χ1v) is 8.91. The van der Waals surface area contributed by atoms with Gasteiger partial charge in [0.15, 0.2) is 5.69 Å². The number of hydrogen-bond donors (Lipinski definition) is 2. The van der Waals surface area contributed by atoms with Gasteiger partial charge in [-0.2, -0.15) is 0 Å². The van der Waals surface area contributed by atoms with Gasteiger partial charge < -0.3 is 10.6 Å². The van der Waals surface area contributed by atoms with Gasteiger partial charge in [-0.25, -0.2) is 4.68 Å². The lowest BCUT2D eigenvalue weighted by Gasteiger charge is -2.23. The van der Waals surface area contributed by atoms with Crippen LogP contribution in [-0.4, -0.2) is 40.5 Å². The van der Waals surface area contributed by atoms with Gasteiger partial charge >= 0.3 is 0 Å². The molecule has 0 spiro atoms. The molecule has 0 unspecified atom stereocenters. The lowest BCUT2D eigenvalue weighted by molar-refractivity contribution is 0.0936. The summed E-state index contributed by atoms with van der Waals surface area (Å²) in [4.78, 5) is 12.5. The van der Waals surface area contributed by atoms with Gasteiger partial charge in [-0.05, 0) is 63.5 Å². The minimum Gasteiger partial charge on any atom is -0.350 e. The summed E-state index contributed by atoms with van der Waals surface area (Å²) in [6.07, 6.45) is 5.73. The zero-order chi connectivity index (χ0) is 16.4. The Kier molecular flexibility index (Phi) is 4.71. The Morgan fingerprint density at radius 2 is 2.09 bits per heavy atom. The average Bonchev–Trinajstić information content (AvgIpc) is 3.17. The topological polar surface area (TPSA) is 71.8 Å². The van der Waals surface area contributed by atoms with Gasteiger partial charge in [0.05, 0.1) is 11.7 Å². The smallest absolute Gasteiger partial charge is 0.273 e. The summed E-state index contributed by atoms with van der Waals surface area (Å²) in [5, 5.41) is 14.8. The van der Waals surface area contributed by atoms with Crippen molar-refractivity contribution in [2.24, 2.45) is 11.3 Å². The highest BCUT2D eigenvalue weighted by Gasteiger charge is 2.43. The average molecular weight is 319 g/mol. The highest BCUT2D eigenvalue weighted by Crippen LogP contribution is 2.50. The maximum Gasteiger partial charge on any atom is 0.273 e. The molecule has 1 saturated heterocycles. The molecule has 6 heteroatoms. The largest absolute Gasteiger partial charge is 0.350 e. The van der Waals surface area contributed by atoms with Crippen LogP contribution in [-0.2, 0) is 0 Å². The molecule has 0 radical (unpaired) electrons. The van der Waals surface area contributed by atoms with E-state index in [2.05, 4.69) is 34.8 Å². The van der Waals surface area contributed by atoms with E-state index >= 15 is 0 Å². The second kappa shape index (κ2) is 6.59. The molecular formula is C17H29N5O. The number of piperidine rings is 1. The van der Waals surface area contributed by atoms with Crippen molar-refractivity contribution in [2.45, 2.75) is 58.9 Å². The summed E-state index contributed by atoms with van der Waals surface area (Å²) in [6.45, 7) is 9.22. The standard InChI is InChI=1S/C17H29N5O/c1-12(2)10-17(6-7-17)11-19-16(23)15-13(3)22(21-20-15)14-4-8-18-9-5-14/h12,14,18H,4-11H2,1-3H3,(H,19,23). The van der Waals surface area contributed by atoms with Crippen LogP contribution in [0.2, 0.25) is 0 Å². The fraction of sp³-hybridized carbons (Fsp3) is 0.824. The summed E-state index contributed by atoms with van der Waals surface area (Å²) in [5.41, 5.74) is 1.72. The maximum atomic E-state index is 12.5. The number of carbonyl (C=O) groups excluding carboxylic acids is 1. The van der Waals surface area contributed by atoms with Crippen LogP contribution < -0.4 is 10.6 Å². The van der Waals surface area contributed by atoms with Crippen molar-refractivity contribution < 1.29 is 4.79 Å². The third-order valence-electron chi connectivity index (χ3n) is 5.22. The van der Waals surface area contributed by atoms with E-state index in [0.29, 0.717) is 23.1 Å². The molecule has 2 fully saturated rings. The second-order valence-corrected chi connectivity index (χ2v) is 7.73. The van der Waals surface area contributed by atoms with E-state index in [1.165, 1.54) is 19.3 Å². The van der Waals surface area contributed by atoms with E-state index in [0.717, 1.165) is 38.2 Å². The van der Waals surface area contributed by atoms with E-state index in [9.17, 15) is 4.79 Å². The Hall–Kier alpha value is -1.43. The predicted octanol–water partition coefficient (Wildman–Crippen LogP) is 2.07. The van der Waals surface area contributed by atoms with Gasteiger partial charge in [-0.3, -0.25) is 4.79 Å². The minimum atomic E-state index is -0.0716. The van der Waals surface area contributed by atoms with Gasteiger partial charge in [-0.1, -0.05) is 19.1 Å². The summed E-state index contributed by atoms with van der Waals surface area (Å²) < 4.78 is 1.94. The van der Waals surface area contributed by atoms with Gasteiger partial charge in [-0.15, -0.1) is 5.10 Å². The van der Waals surface area contributed by atoms with Crippen molar-refractivity contribution in [1.29, 1.82) is 0 Å². The Labute approximate surface area is 138 Å². The molecule has 128 valence electrons. The maximum absolute atomic E-state index is 12.5. The molecule has 3 rings (SSSR count). The molecule has 1 amide bonds. The minimum absolute atomic E-state index is 0.0716. The lowest BCUT2D eigenvalue weighted by Crippen LogP contribution is -2.32. The summed E-state index contributed by atoms with van der Waals surface area (Å²) in [5.74, 6) is 0.606. The van der Waals surface area contributed by atoms with Gasteiger partial charge in [0.25, 0.3) is 5.91 Å². The molecule has 23 heavy (non-hydrogen) atoms. The number of nitrogens with one attached hydrogen (secondary N) is 2. The van der Waals surface area contributed by atoms with Crippen LogP contribution in [0, 0.1) is 18.3 Å². The summed E-state index contributed by atoms with van der Waals surface area (Å²) >= 11 is 0. The second-order valence-electron chi connectivity index (χ2n) is 7.73. The molecular weight excluding hydrogens is 290 g/mol. The van der Waals surface area contributed by atoms with Crippen LogP contribution in [0.1, 0.15) is 68.2 Å². The zero-order valence-electron chi connectivity index (χ0n) is 14.6. The molecule has 1 saturated carbocycles. The first-order chi connectivity index (χ1) is 11.0. The van der Waals surface area contributed by atoms with Crippen LogP contribution in [0.4, 0.5) is 0 Å². The molecule has 6 nitrogen and oxygen atoms in total. The van der Waals surface area contributed by atoms with Crippen LogP contribution in [0.15, 0.2) is 0 Å². The Morgan fingerprint density at radius 3 is 2.70 bits per heavy atom. The molecule has 1 aliphatic heterocycles. The van der Waals surface area contributed by atoms with E-state index < -0.39 is 0 Å². The first-order valence-electron chi connectivity index (χ1n) is 8.91. The van der Waals surface area contributed by atoms with Crippen LogP contribution in [0.25, 0.3) is 0 Å². The highest BCUT2D eigenvalue weighted by molar-refractivity contribution is 5.93. The SMILES string of the molecule is Cc1c(C(=O)NCC2(CC(C)C)CC2)nnn1C1CCNCC1. The first kappa shape index (κ1) is 16.4. The molecule has 0 atom stereocenters. The number of carbonyl (C=O) groups is 1. The number of rotatable bonds is 6. The van der Waals surface area contributed by atoms with Crippen molar-refractivity contribution in [2.75, 3.05) is 19.6 Å². The van der Waals surface area contributed by atoms with Crippen LogP contribution >= 0.6 is 0 Å². The Bertz CT molecular complexity index is 555. The van der Waals surface area contributed by atoms with Crippen LogP contribution in [0.5, 0.6) is 0 Å².